The third-order valence-electron chi connectivity index (χ3n) is 6.41. The van der Waals surface area contributed by atoms with Gasteiger partial charge in [0.25, 0.3) is 0 Å². The number of hydrogen-bond donors (Lipinski definition) is 0. The summed E-state index contributed by atoms with van der Waals surface area (Å²) in [5.74, 6) is 1.43. The molecule has 8 heteroatoms. The van der Waals surface area contributed by atoms with Crippen LogP contribution < -0.4 is 9.47 Å². The third-order valence-corrected chi connectivity index (χ3v) is 7.65. The zero-order valence-electron chi connectivity index (χ0n) is 22.7. The third kappa shape index (κ3) is 8.62. The van der Waals surface area contributed by atoms with E-state index in [0.29, 0.717) is 24.6 Å². The standard InChI is InChI=1S/C32H33Br2NO5/c1-37-21-39-30-12-10-24(17-28(30)33)15-26-19-35(14-6-9-23-7-4-3-5-8-23)20-27(32(26)36)16-25-11-13-31(29(34)18-25)40-22-38-2/h3-5,7-8,10-13,15-18H,6,9,14,19-22H2,1-2H3/b26-15+,27-16+. The van der Waals surface area contributed by atoms with Gasteiger partial charge in [0.1, 0.15) is 11.5 Å². The van der Waals surface area contributed by atoms with Crippen LogP contribution in [0.5, 0.6) is 11.5 Å². The van der Waals surface area contributed by atoms with E-state index < -0.39 is 0 Å². The molecule has 0 aromatic heterocycles. The van der Waals surface area contributed by atoms with E-state index >= 15 is 0 Å². The molecular weight excluding hydrogens is 638 g/mol. The van der Waals surface area contributed by atoms with Gasteiger partial charge in [0.2, 0.25) is 0 Å². The number of ketones is 1. The molecule has 0 bridgehead atoms. The molecule has 4 rings (SSSR count). The van der Waals surface area contributed by atoms with Gasteiger partial charge in [0.15, 0.2) is 19.4 Å². The molecule has 6 nitrogen and oxygen atoms in total. The maximum Gasteiger partial charge on any atom is 0.188 e. The van der Waals surface area contributed by atoms with E-state index in [-0.39, 0.29) is 19.4 Å². The van der Waals surface area contributed by atoms with Crippen LogP contribution in [0.1, 0.15) is 23.1 Å². The van der Waals surface area contributed by atoms with Crippen molar-refractivity contribution in [3.05, 3.63) is 104 Å². The Hall–Kier alpha value is -2.75. The van der Waals surface area contributed by atoms with Crippen LogP contribution in [-0.4, -0.2) is 58.1 Å². The first-order chi connectivity index (χ1) is 19.5. The highest BCUT2D eigenvalue weighted by Crippen LogP contribution is 2.30. The monoisotopic (exact) mass is 669 g/mol. The molecule has 0 N–H and O–H groups in total. The van der Waals surface area contributed by atoms with Crippen molar-refractivity contribution in [2.24, 2.45) is 0 Å². The number of likely N-dealkylation sites (tertiary alicyclic amines) is 1. The second kappa shape index (κ2) is 15.3. The van der Waals surface area contributed by atoms with E-state index in [4.69, 9.17) is 18.9 Å². The summed E-state index contributed by atoms with van der Waals surface area (Å²) in [6.45, 7) is 2.41. The molecule has 0 saturated carbocycles. The first-order valence-corrected chi connectivity index (χ1v) is 14.6. The molecule has 1 fully saturated rings. The van der Waals surface area contributed by atoms with Crippen molar-refractivity contribution in [3.63, 3.8) is 0 Å². The number of methoxy groups -OCH3 is 2. The number of benzene rings is 3. The van der Waals surface area contributed by atoms with Crippen molar-refractivity contribution < 1.29 is 23.7 Å². The molecular formula is C32H33Br2NO5. The average molecular weight is 671 g/mol. The summed E-state index contributed by atoms with van der Waals surface area (Å²) in [6.07, 6.45) is 5.95. The number of nitrogens with zero attached hydrogens (tertiary/aromatic N) is 1. The highest BCUT2D eigenvalue weighted by Gasteiger charge is 2.26. The summed E-state index contributed by atoms with van der Waals surface area (Å²) < 4.78 is 22.8. The fourth-order valence-corrected chi connectivity index (χ4v) is 5.54. The summed E-state index contributed by atoms with van der Waals surface area (Å²) in [6, 6.07) is 22.1. The summed E-state index contributed by atoms with van der Waals surface area (Å²) >= 11 is 7.14. The van der Waals surface area contributed by atoms with Gasteiger partial charge in [-0.2, -0.15) is 0 Å². The number of carbonyl (C=O) groups excluding carboxylic acids is 1. The maximum absolute atomic E-state index is 13.7. The van der Waals surface area contributed by atoms with Crippen molar-refractivity contribution in [1.29, 1.82) is 0 Å². The average Bonchev–Trinajstić information content (AvgIpc) is 2.95. The van der Waals surface area contributed by atoms with Crippen molar-refractivity contribution in [3.8, 4) is 11.5 Å². The number of carbonyl (C=O) groups is 1. The number of halogens is 2. The molecule has 0 unspecified atom stereocenters. The van der Waals surface area contributed by atoms with Crippen molar-refractivity contribution in [2.45, 2.75) is 12.8 Å². The molecule has 1 heterocycles. The van der Waals surface area contributed by atoms with E-state index in [0.717, 1.165) is 50.6 Å². The first kappa shape index (κ1) is 30.2. The Morgan fingerprint density at radius 3 is 1.77 bits per heavy atom. The number of hydrogen-bond acceptors (Lipinski definition) is 6. The minimum absolute atomic E-state index is 0.0611. The van der Waals surface area contributed by atoms with Crippen LogP contribution in [0.2, 0.25) is 0 Å². The Kier molecular flexibility index (Phi) is 11.6. The molecule has 0 amide bonds. The molecule has 40 heavy (non-hydrogen) atoms. The Balaban J connectivity index is 1.57. The predicted octanol–water partition coefficient (Wildman–Crippen LogP) is 7.16. The van der Waals surface area contributed by atoms with Crippen molar-refractivity contribution in [2.75, 3.05) is 47.4 Å². The van der Waals surface area contributed by atoms with E-state index in [9.17, 15) is 4.79 Å². The SMILES string of the molecule is COCOc1ccc(/C=C2\CN(CCCc3ccccc3)C/C(=C\c3ccc(OCOC)c(Br)c3)C2=O)cc1Br. The Labute approximate surface area is 252 Å². The van der Waals surface area contributed by atoms with Gasteiger partial charge in [-0.05, 0) is 104 Å². The minimum Gasteiger partial charge on any atom is -0.466 e. The summed E-state index contributed by atoms with van der Waals surface area (Å²) in [4.78, 5) is 16.0. The van der Waals surface area contributed by atoms with Crippen LogP contribution in [0.4, 0.5) is 0 Å². The van der Waals surface area contributed by atoms with Gasteiger partial charge in [0.05, 0.1) is 8.95 Å². The van der Waals surface area contributed by atoms with Gasteiger partial charge in [-0.25, -0.2) is 0 Å². The fourth-order valence-electron chi connectivity index (χ4n) is 4.51. The molecule has 210 valence electrons. The number of ether oxygens (including phenoxy) is 4. The van der Waals surface area contributed by atoms with Crippen LogP contribution in [-0.2, 0) is 20.7 Å². The quantitative estimate of drug-likeness (QED) is 0.151. The van der Waals surface area contributed by atoms with Gasteiger partial charge in [-0.1, -0.05) is 42.5 Å². The molecule has 0 spiro atoms. The van der Waals surface area contributed by atoms with Crippen LogP contribution in [0.3, 0.4) is 0 Å². The summed E-state index contributed by atoms with van der Waals surface area (Å²) in [5, 5.41) is 0. The smallest absolute Gasteiger partial charge is 0.188 e. The van der Waals surface area contributed by atoms with Crippen molar-refractivity contribution >= 4 is 49.8 Å². The lowest BCUT2D eigenvalue weighted by atomic mass is 9.94. The molecule has 1 saturated heterocycles. The second-order valence-electron chi connectivity index (χ2n) is 9.45. The summed E-state index contributed by atoms with van der Waals surface area (Å²) in [5.41, 5.74) is 4.69. The van der Waals surface area contributed by atoms with Crippen LogP contribution >= 0.6 is 31.9 Å². The molecule has 1 aliphatic rings. The van der Waals surface area contributed by atoms with Gasteiger partial charge < -0.3 is 18.9 Å². The highest BCUT2D eigenvalue weighted by molar-refractivity contribution is 9.10. The number of aryl methyl sites for hydroxylation is 1. The van der Waals surface area contributed by atoms with E-state index in [1.807, 2.05) is 54.6 Å². The fraction of sp³-hybridized carbons (Fsp3) is 0.281. The van der Waals surface area contributed by atoms with Gasteiger partial charge >= 0.3 is 0 Å². The van der Waals surface area contributed by atoms with E-state index in [1.165, 1.54) is 5.56 Å². The predicted molar refractivity (Wildman–Crippen MR) is 165 cm³/mol. The van der Waals surface area contributed by atoms with Crippen LogP contribution in [0.15, 0.2) is 86.8 Å². The second-order valence-corrected chi connectivity index (χ2v) is 11.2. The molecule has 1 aliphatic heterocycles. The Morgan fingerprint density at radius 1 is 0.775 bits per heavy atom. The molecule has 0 radical (unpaired) electrons. The van der Waals surface area contributed by atoms with E-state index in [2.05, 4.69) is 61.0 Å². The Morgan fingerprint density at radius 2 is 1.30 bits per heavy atom. The highest BCUT2D eigenvalue weighted by atomic mass is 79.9. The van der Waals surface area contributed by atoms with Gasteiger partial charge in [0, 0.05) is 38.5 Å². The maximum atomic E-state index is 13.7. The van der Waals surface area contributed by atoms with Crippen LogP contribution in [0.25, 0.3) is 12.2 Å². The lowest BCUT2D eigenvalue weighted by molar-refractivity contribution is -0.113. The largest absolute Gasteiger partial charge is 0.466 e. The number of rotatable bonds is 12. The number of Topliss-reactive ketones (excluding diaryl/α,β-unsaturated/α-hetero) is 1. The first-order valence-electron chi connectivity index (χ1n) is 13.0. The molecule has 0 atom stereocenters. The van der Waals surface area contributed by atoms with Crippen LogP contribution in [0, 0.1) is 0 Å². The normalized spacial score (nSPS) is 16.1. The summed E-state index contributed by atoms with van der Waals surface area (Å²) in [7, 11) is 3.17. The number of piperidine rings is 1. The molecule has 3 aromatic carbocycles. The topological polar surface area (TPSA) is 57.2 Å². The molecule has 0 aliphatic carbocycles. The van der Waals surface area contributed by atoms with Gasteiger partial charge in [-0.15, -0.1) is 0 Å². The lowest BCUT2D eigenvalue weighted by Crippen LogP contribution is -2.38. The van der Waals surface area contributed by atoms with Gasteiger partial charge in [-0.3, -0.25) is 9.69 Å². The zero-order chi connectivity index (χ0) is 28.3. The Bertz CT molecular complexity index is 1280. The minimum atomic E-state index is 0.0611. The van der Waals surface area contributed by atoms with E-state index in [1.54, 1.807) is 14.2 Å². The zero-order valence-corrected chi connectivity index (χ0v) is 25.9. The molecule has 3 aromatic rings. The lowest BCUT2D eigenvalue weighted by Gasteiger charge is -2.30. The van der Waals surface area contributed by atoms with Crippen molar-refractivity contribution in [1.82, 2.24) is 4.90 Å².